The molecule has 1 N–H and O–H groups in total. The third-order valence-electron chi connectivity index (χ3n) is 3.71. The number of para-hydroxylation sites is 2. The number of rotatable bonds is 6. The summed E-state index contributed by atoms with van der Waals surface area (Å²) in [7, 11) is 1.60. The smallest absolute Gasteiger partial charge is 0.240 e. The second kappa shape index (κ2) is 7.23. The maximum atomic E-state index is 12.9. The molecule has 0 saturated carbocycles. The second-order valence-corrected chi connectivity index (χ2v) is 5.44. The standard InChI is InChI=1S/C18H18FN3O2/c1-24-12-17-21-15-4-2-3-5-16(15)22(17)11-18(23)20-10-13-6-8-14(19)9-7-13/h2-9H,10-12H2,1H3,(H,20,23). The zero-order valence-corrected chi connectivity index (χ0v) is 13.3. The van der Waals surface area contributed by atoms with Crippen LogP contribution in [0.25, 0.3) is 11.0 Å². The number of nitrogens with one attached hydrogen (secondary N) is 1. The highest BCUT2D eigenvalue weighted by Crippen LogP contribution is 2.16. The summed E-state index contributed by atoms with van der Waals surface area (Å²) in [6, 6.07) is 13.7. The lowest BCUT2D eigenvalue weighted by atomic mass is 10.2. The van der Waals surface area contributed by atoms with Crippen LogP contribution in [0.2, 0.25) is 0 Å². The maximum Gasteiger partial charge on any atom is 0.240 e. The monoisotopic (exact) mass is 327 g/mol. The highest BCUT2D eigenvalue weighted by Gasteiger charge is 2.13. The molecule has 124 valence electrons. The fourth-order valence-electron chi connectivity index (χ4n) is 2.54. The number of fused-ring (bicyclic) bond motifs is 1. The number of carbonyl (C=O) groups is 1. The Hall–Kier alpha value is -2.73. The molecule has 0 unspecified atom stereocenters. The Kier molecular flexibility index (Phi) is 4.86. The SMILES string of the molecule is COCc1nc2ccccc2n1CC(=O)NCc1ccc(F)cc1. The predicted octanol–water partition coefficient (Wildman–Crippen LogP) is 2.64. The van der Waals surface area contributed by atoms with Crippen molar-refractivity contribution in [1.29, 1.82) is 0 Å². The Labute approximate surface area is 139 Å². The van der Waals surface area contributed by atoms with Crippen LogP contribution in [0.4, 0.5) is 4.39 Å². The van der Waals surface area contributed by atoms with Crippen LogP contribution in [-0.4, -0.2) is 22.6 Å². The molecular formula is C18H18FN3O2. The van der Waals surface area contributed by atoms with E-state index in [9.17, 15) is 9.18 Å². The number of methoxy groups -OCH3 is 1. The van der Waals surface area contributed by atoms with Gasteiger partial charge in [-0.1, -0.05) is 24.3 Å². The van der Waals surface area contributed by atoms with E-state index in [-0.39, 0.29) is 18.3 Å². The molecule has 0 aliphatic carbocycles. The highest BCUT2D eigenvalue weighted by atomic mass is 19.1. The van der Waals surface area contributed by atoms with E-state index in [2.05, 4.69) is 10.3 Å². The van der Waals surface area contributed by atoms with Crippen molar-refractivity contribution in [2.45, 2.75) is 19.7 Å². The van der Waals surface area contributed by atoms with Gasteiger partial charge in [0, 0.05) is 13.7 Å². The molecule has 6 heteroatoms. The molecule has 1 aromatic heterocycles. The number of imidazole rings is 1. The number of hydrogen-bond donors (Lipinski definition) is 1. The van der Waals surface area contributed by atoms with Crippen molar-refractivity contribution in [2.24, 2.45) is 0 Å². The summed E-state index contributed by atoms with van der Waals surface area (Å²) in [5, 5.41) is 2.84. The average Bonchev–Trinajstić information content (AvgIpc) is 2.92. The third kappa shape index (κ3) is 3.60. The molecule has 1 amide bonds. The molecule has 2 aromatic carbocycles. The van der Waals surface area contributed by atoms with E-state index in [0.717, 1.165) is 16.6 Å². The van der Waals surface area contributed by atoms with Gasteiger partial charge in [-0.3, -0.25) is 4.79 Å². The molecule has 0 aliphatic rings. The van der Waals surface area contributed by atoms with Gasteiger partial charge >= 0.3 is 0 Å². The summed E-state index contributed by atoms with van der Waals surface area (Å²) in [5.41, 5.74) is 2.56. The molecule has 0 fully saturated rings. The van der Waals surface area contributed by atoms with Crippen molar-refractivity contribution >= 4 is 16.9 Å². The highest BCUT2D eigenvalue weighted by molar-refractivity contribution is 5.81. The van der Waals surface area contributed by atoms with Crippen LogP contribution in [-0.2, 0) is 29.2 Å². The zero-order chi connectivity index (χ0) is 16.9. The Morgan fingerprint density at radius 1 is 1.21 bits per heavy atom. The van der Waals surface area contributed by atoms with Crippen LogP contribution in [0.5, 0.6) is 0 Å². The Morgan fingerprint density at radius 3 is 2.71 bits per heavy atom. The molecule has 0 atom stereocenters. The molecule has 24 heavy (non-hydrogen) atoms. The average molecular weight is 327 g/mol. The van der Waals surface area contributed by atoms with E-state index in [1.54, 1.807) is 19.2 Å². The number of hydrogen-bond acceptors (Lipinski definition) is 3. The second-order valence-electron chi connectivity index (χ2n) is 5.44. The van der Waals surface area contributed by atoms with E-state index in [1.807, 2.05) is 28.8 Å². The first-order chi connectivity index (χ1) is 11.7. The van der Waals surface area contributed by atoms with Gasteiger partial charge in [0.1, 0.15) is 24.8 Å². The normalized spacial score (nSPS) is 10.9. The molecule has 0 spiro atoms. The van der Waals surface area contributed by atoms with Crippen molar-refractivity contribution in [1.82, 2.24) is 14.9 Å². The maximum absolute atomic E-state index is 12.9. The van der Waals surface area contributed by atoms with Gasteiger partial charge in [-0.05, 0) is 29.8 Å². The molecule has 5 nitrogen and oxygen atoms in total. The minimum atomic E-state index is -0.292. The summed E-state index contributed by atoms with van der Waals surface area (Å²) in [5.74, 6) is 0.273. The van der Waals surface area contributed by atoms with Gasteiger partial charge in [0.05, 0.1) is 11.0 Å². The Balaban J connectivity index is 1.72. The van der Waals surface area contributed by atoms with Crippen LogP contribution in [0.3, 0.4) is 0 Å². The summed E-state index contributed by atoms with van der Waals surface area (Å²) in [4.78, 5) is 16.8. The van der Waals surface area contributed by atoms with Crippen molar-refractivity contribution in [2.75, 3.05) is 7.11 Å². The lowest BCUT2D eigenvalue weighted by molar-refractivity contribution is -0.121. The number of carbonyl (C=O) groups excluding carboxylic acids is 1. The Morgan fingerprint density at radius 2 is 1.96 bits per heavy atom. The lowest BCUT2D eigenvalue weighted by Crippen LogP contribution is -2.27. The number of ether oxygens (including phenoxy) is 1. The predicted molar refractivity (Wildman–Crippen MR) is 88.7 cm³/mol. The fourth-order valence-corrected chi connectivity index (χ4v) is 2.54. The third-order valence-corrected chi connectivity index (χ3v) is 3.71. The van der Waals surface area contributed by atoms with E-state index >= 15 is 0 Å². The summed E-state index contributed by atoms with van der Waals surface area (Å²) < 4.78 is 19.9. The van der Waals surface area contributed by atoms with Crippen molar-refractivity contribution in [3.8, 4) is 0 Å². The molecule has 1 heterocycles. The van der Waals surface area contributed by atoms with Gasteiger partial charge in [0.25, 0.3) is 0 Å². The fraction of sp³-hybridized carbons (Fsp3) is 0.222. The zero-order valence-electron chi connectivity index (χ0n) is 13.3. The van der Waals surface area contributed by atoms with Gasteiger partial charge in [0.2, 0.25) is 5.91 Å². The van der Waals surface area contributed by atoms with Crippen LogP contribution in [0, 0.1) is 5.82 Å². The Bertz CT molecular complexity index is 843. The van der Waals surface area contributed by atoms with Crippen LogP contribution >= 0.6 is 0 Å². The summed E-state index contributed by atoms with van der Waals surface area (Å²) >= 11 is 0. The van der Waals surface area contributed by atoms with Gasteiger partial charge in [-0.25, -0.2) is 9.37 Å². The lowest BCUT2D eigenvalue weighted by Gasteiger charge is -2.10. The topological polar surface area (TPSA) is 56.2 Å². The molecule has 3 aromatic rings. The minimum absolute atomic E-state index is 0.139. The number of aromatic nitrogens is 2. The molecule has 0 aliphatic heterocycles. The molecule has 0 radical (unpaired) electrons. The first-order valence-electron chi connectivity index (χ1n) is 7.61. The van der Waals surface area contributed by atoms with Crippen molar-refractivity contribution in [3.05, 3.63) is 65.7 Å². The summed E-state index contributed by atoms with van der Waals surface area (Å²) in [6.45, 7) is 0.839. The first-order valence-corrected chi connectivity index (χ1v) is 7.61. The molecule has 0 bridgehead atoms. The van der Waals surface area contributed by atoms with Crippen molar-refractivity contribution < 1.29 is 13.9 Å². The van der Waals surface area contributed by atoms with E-state index in [4.69, 9.17) is 4.74 Å². The quantitative estimate of drug-likeness (QED) is 0.757. The summed E-state index contributed by atoms with van der Waals surface area (Å²) in [6.07, 6.45) is 0. The van der Waals surface area contributed by atoms with E-state index < -0.39 is 0 Å². The molecular weight excluding hydrogens is 309 g/mol. The van der Waals surface area contributed by atoms with Crippen LogP contribution in [0.15, 0.2) is 48.5 Å². The van der Waals surface area contributed by atoms with Crippen LogP contribution in [0.1, 0.15) is 11.4 Å². The first kappa shape index (κ1) is 16.1. The largest absolute Gasteiger partial charge is 0.377 e. The van der Waals surface area contributed by atoms with Gasteiger partial charge < -0.3 is 14.6 Å². The number of nitrogens with zero attached hydrogens (tertiary/aromatic N) is 2. The van der Waals surface area contributed by atoms with Crippen LogP contribution < -0.4 is 5.32 Å². The minimum Gasteiger partial charge on any atom is -0.377 e. The van der Waals surface area contributed by atoms with E-state index in [0.29, 0.717) is 19.0 Å². The van der Waals surface area contributed by atoms with Gasteiger partial charge in [-0.2, -0.15) is 0 Å². The van der Waals surface area contributed by atoms with Crippen molar-refractivity contribution in [3.63, 3.8) is 0 Å². The number of benzene rings is 2. The van der Waals surface area contributed by atoms with E-state index in [1.165, 1.54) is 12.1 Å². The molecule has 3 rings (SSSR count). The molecule has 0 saturated heterocycles. The van der Waals surface area contributed by atoms with Gasteiger partial charge in [-0.15, -0.1) is 0 Å². The number of halogens is 1. The number of amides is 1. The van der Waals surface area contributed by atoms with Gasteiger partial charge in [0.15, 0.2) is 0 Å².